The van der Waals surface area contributed by atoms with Gasteiger partial charge in [-0.25, -0.2) is 0 Å². The quantitative estimate of drug-likeness (QED) is 0.879. The lowest BCUT2D eigenvalue weighted by Gasteiger charge is -2.37. The summed E-state index contributed by atoms with van der Waals surface area (Å²) >= 11 is 11.7. The van der Waals surface area contributed by atoms with Gasteiger partial charge in [-0.3, -0.25) is 4.79 Å². The number of piperidine rings is 1. The zero-order valence-electron chi connectivity index (χ0n) is 10.2. The van der Waals surface area contributed by atoms with Crippen LogP contribution < -0.4 is 5.73 Å². The van der Waals surface area contributed by atoms with Crippen LogP contribution in [-0.2, 0) is 0 Å². The summed E-state index contributed by atoms with van der Waals surface area (Å²) in [6.07, 6.45) is 1.95. The number of rotatable bonds is 2. The maximum atomic E-state index is 12.4. The molecule has 2 rings (SSSR count). The second-order valence-corrected chi connectivity index (χ2v) is 5.65. The van der Waals surface area contributed by atoms with Crippen LogP contribution in [0.25, 0.3) is 0 Å². The van der Waals surface area contributed by atoms with Gasteiger partial charge in [0.25, 0.3) is 5.91 Å². The van der Waals surface area contributed by atoms with Crippen molar-refractivity contribution >= 4 is 29.1 Å². The van der Waals surface area contributed by atoms with Crippen LogP contribution in [0.2, 0.25) is 10.2 Å². The molecule has 3 N–H and O–H groups in total. The van der Waals surface area contributed by atoms with Crippen LogP contribution in [0.15, 0.2) is 6.07 Å². The normalized spacial score (nSPS) is 24.3. The molecular formula is C12H17Cl2N3O. The van der Waals surface area contributed by atoms with E-state index in [0.29, 0.717) is 28.3 Å². The summed E-state index contributed by atoms with van der Waals surface area (Å²) in [7, 11) is 0. The van der Waals surface area contributed by atoms with Crippen molar-refractivity contribution in [3.63, 3.8) is 0 Å². The van der Waals surface area contributed by atoms with Gasteiger partial charge in [-0.2, -0.15) is 0 Å². The number of carbonyl (C=O) groups is 1. The smallest absolute Gasteiger partial charge is 0.270 e. The van der Waals surface area contributed by atoms with Crippen LogP contribution in [-0.4, -0.2) is 34.9 Å². The Bertz CT molecular complexity index is 427. The minimum atomic E-state index is -0.0776. The molecule has 1 saturated heterocycles. The Balaban J connectivity index is 2.17. The number of nitrogens with one attached hydrogen (secondary N) is 1. The van der Waals surface area contributed by atoms with E-state index in [0.717, 1.165) is 19.4 Å². The van der Waals surface area contributed by atoms with Crippen LogP contribution in [0, 0.1) is 5.92 Å². The van der Waals surface area contributed by atoms with Crippen molar-refractivity contribution in [1.82, 2.24) is 9.88 Å². The van der Waals surface area contributed by atoms with E-state index < -0.39 is 0 Å². The van der Waals surface area contributed by atoms with Crippen molar-refractivity contribution in [2.75, 3.05) is 13.1 Å². The van der Waals surface area contributed by atoms with E-state index in [9.17, 15) is 4.79 Å². The second kappa shape index (κ2) is 5.51. The molecule has 2 atom stereocenters. The zero-order chi connectivity index (χ0) is 13.3. The van der Waals surface area contributed by atoms with Gasteiger partial charge < -0.3 is 15.6 Å². The number of halogens is 2. The van der Waals surface area contributed by atoms with Crippen molar-refractivity contribution in [1.29, 1.82) is 0 Å². The summed E-state index contributed by atoms with van der Waals surface area (Å²) in [6.45, 7) is 3.40. The van der Waals surface area contributed by atoms with E-state index in [-0.39, 0.29) is 11.9 Å². The summed E-state index contributed by atoms with van der Waals surface area (Å²) in [5, 5.41) is 0.671. The summed E-state index contributed by atoms with van der Waals surface area (Å²) in [5.74, 6) is 0.532. The van der Waals surface area contributed by atoms with Gasteiger partial charge in [0, 0.05) is 19.1 Å². The number of amides is 1. The van der Waals surface area contributed by atoms with Gasteiger partial charge in [-0.05, 0) is 24.8 Å². The highest BCUT2D eigenvalue weighted by molar-refractivity contribution is 6.41. The Hall–Kier alpha value is -0.710. The maximum Gasteiger partial charge on any atom is 0.270 e. The van der Waals surface area contributed by atoms with E-state index in [4.69, 9.17) is 28.9 Å². The van der Waals surface area contributed by atoms with E-state index in [1.54, 1.807) is 6.07 Å². The molecule has 0 aliphatic carbocycles. The highest BCUT2D eigenvalue weighted by Gasteiger charge is 2.30. The van der Waals surface area contributed by atoms with Gasteiger partial charge in [0.1, 0.15) is 10.8 Å². The van der Waals surface area contributed by atoms with Crippen LogP contribution in [0.1, 0.15) is 30.3 Å². The molecule has 2 heterocycles. The van der Waals surface area contributed by atoms with Crippen molar-refractivity contribution in [3.05, 3.63) is 21.9 Å². The molecule has 6 heteroatoms. The zero-order valence-corrected chi connectivity index (χ0v) is 11.8. The van der Waals surface area contributed by atoms with Gasteiger partial charge in [0.05, 0.1) is 5.02 Å². The highest BCUT2D eigenvalue weighted by atomic mass is 35.5. The fraction of sp³-hybridized carbons (Fsp3) is 0.583. The van der Waals surface area contributed by atoms with Crippen molar-refractivity contribution < 1.29 is 4.79 Å². The molecule has 1 amide bonds. The van der Waals surface area contributed by atoms with Crippen LogP contribution in [0.5, 0.6) is 0 Å². The molecule has 100 valence electrons. The molecule has 4 nitrogen and oxygen atoms in total. The lowest BCUT2D eigenvalue weighted by atomic mass is 9.92. The summed E-state index contributed by atoms with van der Waals surface area (Å²) in [5.41, 5.74) is 6.18. The molecular weight excluding hydrogens is 273 g/mol. The predicted molar refractivity (Wildman–Crippen MR) is 73.1 cm³/mol. The van der Waals surface area contributed by atoms with Gasteiger partial charge >= 0.3 is 0 Å². The molecule has 0 bridgehead atoms. The van der Waals surface area contributed by atoms with E-state index in [1.807, 2.05) is 4.90 Å². The molecule has 0 radical (unpaired) electrons. The maximum absolute atomic E-state index is 12.4. The number of nitrogens with zero attached hydrogens (tertiary/aromatic N) is 1. The number of nitrogens with two attached hydrogens (primary N) is 1. The Morgan fingerprint density at radius 1 is 1.61 bits per heavy atom. The average molecular weight is 290 g/mol. The van der Waals surface area contributed by atoms with Crippen molar-refractivity contribution in [2.24, 2.45) is 11.7 Å². The Morgan fingerprint density at radius 3 is 2.89 bits per heavy atom. The first kappa shape index (κ1) is 13.7. The third kappa shape index (κ3) is 2.66. The molecule has 1 aliphatic rings. The van der Waals surface area contributed by atoms with Gasteiger partial charge in [0.2, 0.25) is 0 Å². The second-order valence-electron chi connectivity index (χ2n) is 4.86. The third-order valence-electron chi connectivity index (χ3n) is 3.47. The van der Waals surface area contributed by atoms with Crippen LogP contribution in [0.4, 0.5) is 0 Å². The molecule has 1 fully saturated rings. The van der Waals surface area contributed by atoms with Crippen LogP contribution in [0.3, 0.4) is 0 Å². The van der Waals surface area contributed by atoms with Crippen molar-refractivity contribution in [2.45, 2.75) is 25.8 Å². The minimum absolute atomic E-state index is 0.0776. The summed E-state index contributed by atoms with van der Waals surface area (Å²) in [6, 6.07) is 1.67. The standard InChI is InChI=1S/C12H17Cl2N3O/c1-7-2-3-17(8(4-7)6-15)12(18)10-5-9(13)11(14)16-10/h5,7-8,16H,2-4,6,15H2,1H3. The van der Waals surface area contributed by atoms with Gasteiger partial charge in [-0.1, -0.05) is 30.1 Å². The Kier molecular flexibility index (Phi) is 4.20. The number of likely N-dealkylation sites (tertiary alicyclic amines) is 1. The average Bonchev–Trinajstić information content (AvgIpc) is 2.68. The highest BCUT2D eigenvalue weighted by Crippen LogP contribution is 2.26. The number of aromatic nitrogens is 1. The molecule has 18 heavy (non-hydrogen) atoms. The predicted octanol–water partition coefficient (Wildman–Crippen LogP) is 2.52. The summed E-state index contributed by atoms with van der Waals surface area (Å²) in [4.78, 5) is 17.0. The minimum Gasteiger partial charge on any atom is -0.340 e. The molecule has 0 aromatic carbocycles. The van der Waals surface area contributed by atoms with E-state index in [2.05, 4.69) is 11.9 Å². The first-order chi connectivity index (χ1) is 8.52. The lowest BCUT2D eigenvalue weighted by Crippen LogP contribution is -2.49. The monoisotopic (exact) mass is 289 g/mol. The largest absolute Gasteiger partial charge is 0.340 e. The first-order valence-corrected chi connectivity index (χ1v) is 6.83. The molecule has 1 aromatic rings. The van der Waals surface area contributed by atoms with Crippen molar-refractivity contribution in [3.8, 4) is 0 Å². The number of carbonyl (C=O) groups excluding carboxylic acids is 1. The molecule has 1 aliphatic heterocycles. The molecule has 0 spiro atoms. The fourth-order valence-corrected chi connectivity index (χ4v) is 2.73. The Morgan fingerprint density at radius 2 is 2.33 bits per heavy atom. The van der Waals surface area contributed by atoms with E-state index in [1.165, 1.54) is 0 Å². The Labute approximate surface area is 116 Å². The fourth-order valence-electron chi connectivity index (χ4n) is 2.42. The number of hydrogen-bond acceptors (Lipinski definition) is 2. The summed E-state index contributed by atoms with van der Waals surface area (Å²) < 4.78 is 0. The molecule has 1 aromatic heterocycles. The number of H-pyrrole nitrogens is 1. The lowest BCUT2D eigenvalue weighted by molar-refractivity contribution is 0.0568. The SMILES string of the molecule is CC1CCN(C(=O)c2cc(Cl)c(Cl)[nH]2)C(CN)C1. The van der Waals surface area contributed by atoms with Crippen LogP contribution >= 0.6 is 23.2 Å². The first-order valence-electron chi connectivity index (χ1n) is 6.08. The topological polar surface area (TPSA) is 62.1 Å². The number of aromatic amines is 1. The molecule has 0 saturated carbocycles. The molecule has 2 unspecified atom stereocenters. The third-order valence-corrected chi connectivity index (χ3v) is 4.16. The van der Waals surface area contributed by atoms with Gasteiger partial charge in [-0.15, -0.1) is 0 Å². The number of hydrogen-bond donors (Lipinski definition) is 2. The van der Waals surface area contributed by atoms with E-state index >= 15 is 0 Å². The van der Waals surface area contributed by atoms with Gasteiger partial charge in [0.15, 0.2) is 0 Å².